The van der Waals surface area contributed by atoms with Crippen LogP contribution in [0, 0.1) is 0 Å². The molecule has 0 saturated carbocycles. The third-order valence-corrected chi connectivity index (χ3v) is 2.55. The molecular weight excluding hydrogens is 154 g/mol. The molecule has 0 bridgehead atoms. The fourth-order valence-electron chi connectivity index (χ4n) is 2.17. The van der Waals surface area contributed by atoms with Crippen molar-refractivity contribution in [1.82, 2.24) is 5.06 Å². The minimum absolute atomic E-state index is 0.458. The maximum atomic E-state index is 11.7. The molecule has 1 saturated heterocycles. The van der Waals surface area contributed by atoms with E-state index >= 15 is 0 Å². The van der Waals surface area contributed by atoms with Gasteiger partial charge in [-0.3, -0.25) is 0 Å². The Morgan fingerprint density at radius 1 is 1.17 bits per heavy atom. The molecule has 0 spiro atoms. The number of piperidine rings is 1. The Morgan fingerprint density at radius 3 is 1.83 bits per heavy atom. The number of nitrogens with zero attached hydrogens (tertiary/aromatic N) is 1. The molecule has 1 rings (SSSR count). The van der Waals surface area contributed by atoms with Crippen LogP contribution in [0.15, 0.2) is 0 Å². The average molecular weight is 171 g/mol. The summed E-state index contributed by atoms with van der Waals surface area (Å²) < 4.78 is 0. The van der Waals surface area contributed by atoms with Crippen molar-refractivity contribution in [2.75, 3.05) is 0 Å². The molecule has 1 aliphatic rings. The molecule has 0 aliphatic carbocycles. The van der Waals surface area contributed by atoms with Crippen molar-refractivity contribution < 1.29 is 10.3 Å². The predicted octanol–water partition coefficient (Wildman–Crippen LogP) is 0.714. The second kappa shape index (κ2) is 2.69. The number of rotatable bonds is 0. The SMILES string of the molecule is CC1(C)CC([O-])CC(C)(C)N1[O]. The first-order valence-corrected chi connectivity index (χ1v) is 4.39. The van der Waals surface area contributed by atoms with Gasteiger partial charge in [0.15, 0.2) is 0 Å². The van der Waals surface area contributed by atoms with Gasteiger partial charge in [0.05, 0.1) is 0 Å². The third-order valence-electron chi connectivity index (χ3n) is 2.55. The molecule has 71 valence electrons. The summed E-state index contributed by atoms with van der Waals surface area (Å²) in [6.45, 7) is 7.36. The van der Waals surface area contributed by atoms with E-state index in [0.717, 1.165) is 5.06 Å². The standard InChI is InChI=1S/C9H17NO2/c1-8(2)5-7(11)6-9(3,4)10(8)12/h7H,5-6H2,1-4H3/q-1. The monoisotopic (exact) mass is 171 g/mol. The quantitative estimate of drug-likeness (QED) is 0.539. The van der Waals surface area contributed by atoms with Crippen LogP contribution >= 0.6 is 0 Å². The maximum absolute atomic E-state index is 11.7. The van der Waals surface area contributed by atoms with Crippen molar-refractivity contribution in [2.45, 2.75) is 57.7 Å². The van der Waals surface area contributed by atoms with E-state index in [1.165, 1.54) is 0 Å². The molecule has 3 nitrogen and oxygen atoms in total. The van der Waals surface area contributed by atoms with Gasteiger partial charge in [0.1, 0.15) is 0 Å². The largest absolute Gasteiger partial charge is 0.852 e. The molecule has 0 aromatic heterocycles. The van der Waals surface area contributed by atoms with Crippen LogP contribution in [0.4, 0.5) is 0 Å². The highest BCUT2D eigenvalue weighted by molar-refractivity contribution is 4.95. The summed E-state index contributed by atoms with van der Waals surface area (Å²) >= 11 is 0. The Hall–Kier alpha value is -0.120. The molecule has 0 aromatic rings. The predicted molar refractivity (Wildman–Crippen MR) is 43.7 cm³/mol. The van der Waals surface area contributed by atoms with Crippen molar-refractivity contribution in [2.24, 2.45) is 0 Å². The smallest absolute Gasteiger partial charge is 0.0433 e. The molecule has 0 N–H and O–H groups in total. The molecule has 3 heteroatoms. The van der Waals surface area contributed by atoms with E-state index in [2.05, 4.69) is 0 Å². The third kappa shape index (κ3) is 1.63. The van der Waals surface area contributed by atoms with E-state index in [4.69, 9.17) is 0 Å². The van der Waals surface area contributed by atoms with E-state index in [1.54, 1.807) is 0 Å². The second-order valence-electron chi connectivity index (χ2n) is 4.95. The van der Waals surface area contributed by atoms with E-state index in [1.807, 2.05) is 27.7 Å². The highest BCUT2D eigenvalue weighted by Gasteiger charge is 2.42. The normalized spacial score (nSPS) is 30.5. The molecular formula is C9H17NO2-. The lowest BCUT2D eigenvalue weighted by Gasteiger charge is -2.52. The molecule has 0 aromatic carbocycles. The Bertz CT molecular complexity index is 159. The fourth-order valence-corrected chi connectivity index (χ4v) is 2.17. The zero-order chi connectivity index (χ0) is 9.57. The van der Waals surface area contributed by atoms with E-state index < -0.39 is 17.2 Å². The van der Waals surface area contributed by atoms with Crippen LogP contribution in [0.3, 0.4) is 0 Å². The van der Waals surface area contributed by atoms with Gasteiger partial charge in [-0.15, -0.1) is 16.4 Å². The summed E-state index contributed by atoms with van der Waals surface area (Å²) in [5, 5.41) is 24.1. The summed E-state index contributed by atoms with van der Waals surface area (Å²) in [7, 11) is 0. The zero-order valence-corrected chi connectivity index (χ0v) is 8.26. The van der Waals surface area contributed by atoms with Crippen LogP contribution in [0.5, 0.6) is 0 Å². The Balaban J connectivity index is 2.84. The van der Waals surface area contributed by atoms with E-state index in [-0.39, 0.29) is 0 Å². The maximum Gasteiger partial charge on any atom is 0.0433 e. The Morgan fingerprint density at radius 2 is 1.50 bits per heavy atom. The lowest BCUT2D eigenvalue weighted by atomic mass is 9.80. The average Bonchev–Trinajstić information content (AvgIpc) is 1.80. The highest BCUT2D eigenvalue weighted by Crippen LogP contribution is 2.35. The summed E-state index contributed by atoms with van der Waals surface area (Å²) in [6, 6.07) is 0. The molecule has 0 amide bonds. The van der Waals surface area contributed by atoms with Gasteiger partial charge in [0.25, 0.3) is 0 Å². The Kier molecular flexibility index (Phi) is 2.23. The van der Waals surface area contributed by atoms with Crippen LogP contribution in [0.2, 0.25) is 0 Å². The van der Waals surface area contributed by atoms with Crippen LogP contribution in [-0.4, -0.2) is 22.2 Å². The van der Waals surface area contributed by atoms with E-state index in [9.17, 15) is 10.3 Å². The second-order valence-corrected chi connectivity index (χ2v) is 4.95. The first-order chi connectivity index (χ1) is 5.26. The molecule has 0 atom stereocenters. The van der Waals surface area contributed by atoms with E-state index in [0.29, 0.717) is 12.8 Å². The number of hydroxylamine groups is 2. The van der Waals surface area contributed by atoms with Crippen LogP contribution in [0.25, 0.3) is 0 Å². The van der Waals surface area contributed by atoms with Crippen LogP contribution in [-0.2, 0) is 5.21 Å². The lowest BCUT2D eigenvalue weighted by molar-refractivity contribution is -0.453. The molecule has 1 fully saturated rings. The van der Waals surface area contributed by atoms with Gasteiger partial charge in [0, 0.05) is 11.1 Å². The van der Waals surface area contributed by atoms with Crippen LogP contribution < -0.4 is 5.11 Å². The first-order valence-electron chi connectivity index (χ1n) is 4.39. The summed E-state index contributed by atoms with van der Waals surface area (Å²) in [5.74, 6) is 0. The molecule has 1 radical (unpaired) electrons. The van der Waals surface area contributed by atoms with Gasteiger partial charge in [-0.05, 0) is 40.5 Å². The zero-order valence-electron chi connectivity index (χ0n) is 8.26. The first kappa shape index (κ1) is 9.96. The molecule has 1 aliphatic heterocycles. The van der Waals surface area contributed by atoms with Gasteiger partial charge in [-0.1, -0.05) is 0 Å². The summed E-state index contributed by atoms with van der Waals surface area (Å²) in [5.41, 5.74) is -0.984. The van der Waals surface area contributed by atoms with Gasteiger partial charge >= 0.3 is 0 Å². The lowest BCUT2D eigenvalue weighted by Crippen LogP contribution is -2.61. The van der Waals surface area contributed by atoms with Crippen LogP contribution in [0.1, 0.15) is 40.5 Å². The topological polar surface area (TPSA) is 46.2 Å². The van der Waals surface area contributed by atoms with Gasteiger partial charge in [-0.2, -0.15) is 0 Å². The summed E-state index contributed by atoms with van der Waals surface area (Å²) in [4.78, 5) is 0. The minimum atomic E-state index is -0.583. The van der Waals surface area contributed by atoms with Gasteiger partial charge < -0.3 is 5.11 Å². The van der Waals surface area contributed by atoms with Crippen molar-refractivity contribution in [3.63, 3.8) is 0 Å². The van der Waals surface area contributed by atoms with Crippen molar-refractivity contribution >= 4 is 0 Å². The van der Waals surface area contributed by atoms with Gasteiger partial charge in [-0.25, -0.2) is 0 Å². The molecule has 12 heavy (non-hydrogen) atoms. The minimum Gasteiger partial charge on any atom is -0.852 e. The van der Waals surface area contributed by atoms with Gasteiger partial charge in [0.2, 0.25) is 0 Å². The van der Waals surface area contributed by atoms with Crippen molar-refractivity contribution in [3.8, 4) is 0 Å². The number of hydrogen-bond donors (Lipinski definition) is 0. The van der Waals surface area contributed by atoms with Crippen molar-refractivity contribution in [1.29, 1.82) is 0 Å². The highest BCUT2D eigenvalue weighted by atomic mass is 16.5. The summed E-state index contributed by atoms with van der Waals surface area (Å²) in [6.07, 6.45) is 0.333. The molecule has 1 heterocycles. The van der Waals surface area contributed by atoms with Crippen molar-refractivity contribution in [3.05, 3.63) is 0 Å². The number of hydrogen-bond acceptors (Lipinski definition) is 2. The molecule has 0 unspecified atom stereocenters. The Labute approximate surface area is 74.0 Å². The fraction of sp³-hybridized carbons (Fsp3) is 1.00.